The van der Waals surface area contributed by atoms with Crippen molar-refractivity contribution in [3.8, 4) is 0 Å². The van der Waals surface area contributed by atoms with Crippen molar-refractivity contribution in [1.29, 1.82) is 0 Å². The van der Waals surface area contributed by atoms with Gasteiger partial charge in [0, 0.05) is 0 Å². The number of carbonyl (C=O) groups is 4. The highest BCUT2D eigenvalue weighted by Gasteiger charge is 2.25. The molecule has 1 N–H and O–H groups in total. The number of Topliss-reactive ketones (excluding diaryl/α,β-unsaturated/α-hetero) is 1. The largest absolute Gasteiger partial charge is 0.465 e. The summed E-state index contributed by atoms with van der Waals surface area (Å²) < 4.78 is 9.78. The maximum absolute atomic E-state index is 12.1. The molecule has 138 valence electrons. The Labute approximate surface area is 154 Å². The van der Waals surface area contributed by atoms with Crippen molar-refractivity contribution < 1.29 is 28.7 Å². The number of thioether (sulfide) groups is 1. The van der Waals surface area contributed by atoms with Crippen molar-refractivity contribution in [2.75, 3.05) is 30.0 Å². The molecule has 1 aromatic rings. The van der Waals surface area contributed by atoms with Gasteiger partial charge in [0.15, 0.2) is 5.78 Å². The van der Waals surface area contributed by atoms with Crippen molar-refractivity contribution in [2.24, 2.45) is 0 Å². The Balaban J connectivity index is 2.84. The fourth-order valence-electron chi connectivity index (χ4n) is 1.98. The van der Waals surface area contributed by atoms with Gasteiger partial charge in [0.1, 0.15) is 5.00 Å². The molecule has 1 aromatic heterocycles. The first-order chi connectivity index (χ1) is 11.8. The van der Waals surface area contributed by atoms with Crippen molar-refractivity contribution in [3.05, 3.63) is 16.0 Å². The number of rotatable bonds is 9. The molecule has 0 atom stereocenters. The lowest BCUT2D eigenvalue weighted by molar-refractivity contribution is -0.139. The van der Waals surface area contributed by atoms with E-state index in [9.17, 15) is 19.2 Å². The molecule has 0 saturated carbocycles. The van der Waals surface area contributed by atoms with Crippen LogP contribution in [-0.2, 0) is 19.1 Å². The van der Waals surface area contributed by atoms with E-state index in [-0.39, 0.29) is 47.0 Å². The average molecular weight is 387 g/mol. The van der Waals surface area contributed by atoms with Crippen LogP contribution in [0.1, 0.15) is 46.4 Å². The third-order valence-electron chi connectivity index (χ3n) is 2.96. The number of anilines is 1. The van der Waals surface area contributed by atoms with Crippen LogP contribution in [0.25, 0.3) is 0 Å². The SMILES string of the molecule is CCOC(=O)CSCC(=O)Nc1sc(C(C)=O)c(C)c1C(=O)OCC. The summed E-state index contributed by atoms with van der Waals surface area (Å²) >= 11 is 2.15. The molecule has 7 nitrogen and oxygen atoms in total. The lowest BCUT2D eigenvalue weighted by Crippen LogP contribution is -2.17. The molecule has 25 heavy (non-hydrogen) atoms. The summed E-state index contributed by atoms with van der Waals surface area (Å²) in [5.41, 5.74) is 0.686. The van der Waals surface area contributed by atoms with E-state index >= 15 is 0 Å². The van der Waals surface area contributed by atoms with Crippen LogP contribution in [0.15, 0.2) is 0 Å². The van der Waals surface area contributed by atoms with Crippen molar-refractivity contribution in [3.63, 3.8) is 0 Å². The molecule has 0 fully saturated rings. The molecule has 0 aliphatic heterocycles. The first-order valence-electron chi connectivity index (χ1n) is 7.66. The lowest BCUT2D eigenvalue weighted by Gasteiger charge is -2.07. The van der Waals surface area contributed by atoms with E-state index in [1.165, 1.54) is 6.92 Å². The van der Waals surface area contributed by atoms with E-state index in [2.05, 4.69) is 5.32 Å². The normalized spacial score (nSPS) is 10.2. The van der Waals surface area contributed by atoms with Crippen molar-refractivity contribution >= 4 is 51.7 Å². The predicted molar refractivity (Wildman–Crippen MR) is 97.6 cm³/mol. The van der Waals surface area contributed by atoms with E-state index in [1.807, 2.05) is 0 Å². The Kier molecular flexibility index (Phi) is 8.64. The smallest absolute Gasteiger partial charge is 0.341 e. The Hall–Kier alpha value is -1.87. The summed E-state index contributed by atoms with van der Waals surface area (Å²) in [7, 11) is 0. The summed E-state index contributed by atoms with van der Waals surface area (Å²) in [6.45, 7) is 6.90. The highest BCUT2D eigenvalue weighted by molar-refractivity contribution is 8.00. The first-order valence-corrected chi connectivity index (χ1v) is 9.63. The van der Waals surface area contributed by atoms with Crippen molar-refractivity contribution in [2.45, 2.75) is 27.7 Å². The molecule has 1 rings (SSSR count). The first kappa shape index (κ1) is 21.2. The number of carbonyl (C=O) groups excluding carboxylic acids is 4. The Bertz CT molecular complexity index is 668. The monoisotopic (exact) mass is 387 g/mol. The summed E-state index contributed by atoms with van der Waals surface area (Å²) in [4.78, 5) is 47.5. The zero-order valence-electron chi connectivity index (χ0n) is 14.6. The van der Waals surface area contributed by atoms with Crippen LogP contribution < -0.4 is 5.32 Å². The molecule has 0 aliphatic rings. The number of ether oxygens (including phenoxy) is 2. The number of amides is 1. The molecule has 0 radical (unpaired) electrons. The van der Waals surface area contributed by atoms with Gasteiger partial charge in [0.05, 0.1) is 35.2 Å². The number of esters is 2. The van der Waals surface area contributed by atoms with E-state index in [0.29, 0.717) is 10.4 Å². The molecule has 1 amide bonds. The van der Waals surface area contributed by atoms with Gasteiger partial charge in [-0.05, 0) is 33.3 Å². The average Bonchev–Trinajstić information content (AvgIpc) is 2.84. The van der Waals surface area contributed by atoms with Crippen LogP contribution in [0.5, 0.6) is 0 Å². The maximum atomic E-state index is 12.1. The second-order valence-corrected chi connectivity index (χ2v) is 6.89. The van der Waals surface area contributed by atoms with Gasteiger partial charge in [0.2, 0.25) is 5.91 Å². The third-order valence-corrected chi connectivity index (χ3v) is 5.17. The highest BCUT2D eigenvalue weighted by atomic mass is 32.2. The molecule has 0 aliphatic carbocycles. The van der Waals surface area contributed by atoms with Crippen molar-refractivity contribution in [1.82, 2.24) is 0 Å². The molecular formula is C16H21NO6S2. The quantitative estimate of drug-likeness (QED) is 0.514. The van der Waals surface area contributed by atoms with Gasteiger partial charge in [0.25, 0.3) is 0 Å². The maximum Gasteiger partial charge on any atom is 0.341 e. The Morgan fingerprint density at radius 2 is 1.72 bits per heavy atom. The summed E-state index contributed by atoms with van der Waals surface area (Å²) in [5.74, 6) is -1.46. The van der Waals surface area contributed by atoms with Crippen LogP contribution in [0.2, 0.25) is 0 Å². The van der Waals surface area contributed by atoms with E-state index in [4.69, 9.17) is 9.47 Å². The number of hydrogen-bond donors (Lipinski definition) is 1. The topological polar surface area (TPSA) is 98.8 Å². The molecule has 9 heteroatoms. The number of thiophene rings is 1. The Morgan fingerprint density at radius 1 is 1.08 bits per heavy atom. The van der Waals surface area contributed by atoms with E-state index in [0.717, 1.165) is 23.1 Å². The second-order valence-electron chi connectivity index (χ2n) is 4.88. The van der Waals surface area contributed by atoms with Crippen LogP contribution in [-0.4, -0.2) is 48.3 Å². The fraction of sp³-hybridized carbons (Fsp3) is 0.500. The summed E-state index contributed by atoms with van der Waals surface area (Å²) in [5, 5.41) is 2.91. The number of hydrogen-bond acceptors (Lipinski definition) is 8. The molecule has 0 aromatic carbocycles. The molecule has 0 spiro atoms. The van der Waals surface area contributed by atoms with Gasteiger partial charge in [-0.15, -0.1) is 23.1 Å². The van der Waals surface area contributed by atoms with E-state index in [1.54, 1.807) is 20.8 Å². The van der Waals surface area contributed by atoms with Gasteiger partial charge < -0.3 is 14.8 Å². The molecular weight excluding hydrogens is 366 g/mol. The van der Waals surface area contributed by atoms with Gasteiger partial charge in [-0.2, -0.15) is 0 Å². The second kappa shape index (κ2) is 10.2. The standard InChI is InChI=1S/C16H21NO6S2/c1-5-22-12(20)8-24-7-11(19)17-15-13(16(21)23-6-2)9(3)14(25-15)10(4)18/h5-8H2,1-4H3,(H,17,19). The minimum absolute atomic E-state index is 0.0213. The van der Waals surface area contributed by atoms with Crippen LogP contribution in [0.3, 0.4) is 0 Å². The van der Waals surface area contributed by atoms with Crippen LogP contribution in [0.4, 0.5) is 5.00 Å². The molecule has 0 unspecified atom stereocenters. The summed E-state index contributed by atoms with van der Waals surface area (Å²) in [6.07, 6.45) is 0. The molecule has 0 saturated heterocycles. The lowest BCUT2D eigenvalue weighted by atomic mass is 10.1. The van der Waals surface area contributed by atoms with Gasteiger partial charge in [-0.25, -0.2) is 4.79 Å². The van der Waals surface area contributed by atoms with Crippen LogP contribution in [0, 0.1) is 6.92 Å². The zero-order valence-corrected chi connectivity index (χ0v) is 16.2. The minimum atomic E-state index is -0.585. The predicted octanol–water partition coefficient (Wildman–Crippen LogP) is 2.67. The van der Waals surface area contributed by atoms with Gasteiger partial charge in [-0.1, -0.05) is 0 Å². The van der Waals surface area contributed by atoms with Gasteiger partial charge in [-0.3, -0.25) is 14.4 Å². The number of nitrogens with one attached hydrogen (secondary N) is 1. The zero-order chi connectivity index (χ0) is 19.0. The summed E-state index contributed by atoms with van der Waals surface area (Å²) in [6, 6.07) is 0. The van der Waals surface area contributed by atoms with Gasteiger partial charge >= 0.3 is 11.9 Å². The highest BCUT2D eigenvalue weighted by Crippen LogP contribution is 2.34. The number of ketones is 1. The molecule has 0 bridgehead atoms. The molecule has 1 heterocycles. The van der Waals surface area contributed by atoms with E-state index < -0.39 is 11.9 Å². The minimum Gasteiger partial charge on any atom is -0.465 e. The Morgan fingerprint density at radius 3 is 2.28 bits per heavy atom. The third kappa shape index (κ3) is 6.17. The van der Waals surface area contributed by atoms with Crippen LogP contribution >= 0.6 is 23.1 Å². The fourth-order valence-corrected chi connectivity index (χ4v) is 3.69.